The molecule has 4 heteroatoms. The SMILES string of the molecule is C/C(C#N)=C/c1cn(Cc2ccc(C)c(F)c2)c2ccc(F)cc12. The van der Waals surface area contributed by atoms with Crippen LogP contribution in [0, 0.1) is 29.9 Å². The van der Waals surface area contributed by atoms with Crippen LogP contribution in [0.3, 0.4) is 0 Å². The normalized spacial score (nSPS) is 11.7. The molecule has 120 valence electrons. The summed E-state index contributed by atoms with van der Waals surface area (Å²) in [6.07, 6.45) is 3.59. The molecule has 0 unspecified atom stereocenters. The van der Waals surface area contributed by atoms with Crippen LogP contribution < -0.4 is 0 Å². The van der Waals surface area contributed by atoms with E-state index < -0.39 is 0 Å². The smallest absolute Gasteiger partial charge is 0.126 e. The zero-order chi connectivity index (χ0) is 17.3. The van der Waals surface area contributed by atoms with Crippen LogP contribution in [0.2, 0.25) is 0 Å². The van der Waals surface area contributed by atoms with Gasteiger partial charge in [-0.25, -0.2) is 8.78 Å². The van der Waals surface area contributed by atoms with Crippen LogP contribution in [0.25, 0.3) is 17.0 Å². The number of allylic oxidation sites excluding steroid dienone is 1. The fraction of sp³-hybridized carbons (Fsp3) is 0.150. The topological polar surface area (TPSA) is 28.7 Å². The molecule has 0 N–H and O–H groups in total. The second-order valence-electron chi connectivity index (χ2n) is 5.90. The van der Waals surface area contributed by atoms with Crippen LogP contribution in [-0.4, -0.2) is 4.57 Å². The lowest BCUT2D eigenvalue weighted by Crippen LogP contribution is -1.99. The summed E-state index contributed by atoms with van der Waals surface area (Å²) in [5.41, 5.74) is 3.59. The highest BCUT2D eigenvalue weighted by molar-refractivity contribution is 5.90. The van der Waals surface area contributed by atoms with Gasteiger partial charge in [-0.05, 0) is 55.3 Å². The Morgan fingerprint density at radius 1 is 1.21 bits per heavy atom. The maximum atomic E-state index is 13.8. The molecule has 1 aromatic heterocycles. The Kier molecular flexibility index (Phi) is 4.18. The maximum absolute atomic E-state index is 13.8. The average Bonchev–Trinajstić information content (AvgIpc) is 2.87. The van der Waals surface area contributed by atoms with Crippen molar-refractivity contribution in [3.05, 3.63) is 76.5 Å². The summed E-state index contributed by atoms with van der Waals surface area (Å²) in [7, 11) is 0. The Hall–Kier alpha value is -2.93. The summed E-state index contributed by atoms with van der Waals surface area (Å²) in [5.74, 6) is -0.568. The summed E-state index contributed by atoms with van der Waals surface area (Å²) in [5, 5.41) is 9.71. The molecule has 0 fully saturated rings. The first-order chi connectivity index (χ1) is 11.5. The van der Waals surface area contributed by atoms with Crippen LogP contribution in [-0.2, 0) is 6.54 Å². The van der Waals surface area contributed by atoms with Crippen molar-refractivity contribution in [1.82, 2.24) is 4.57 Å². The largest absolute Gasteiger partial charge is 0.342 e. The van der Waals surface area contributed by atoms with Crippen molar-refractivity contribution in [2.45, 2.75) is 20.4 Å². The predicted octanol–water partition coefficient (Wildman–Crippen LogP) is 5.20. The first-order valence-electron chi connectivity index (χ1n) is 7.60. The first-order valence-corrected chi connectivity index (χ1v) is 7.60. The molecule has 0 aliphatic heterocycles. The molecule has 0 amide bonds. The van der Waals surface area contributed by atoms with Crippen molar-refractivity contribution in [1.29, 1.82) is 5.26 Å². The lowest BCUT2D eigenvalue weighted by atomic mass is 10.1. The first kappa shape index (κ1) is 15.9. The molecule has 0 spiro atoms. The Bertz CT molecular complexity index is 991. The number of aromatic nitrogens is 1. The van der Waals surface area contributed by atoms with Gasteiger partial charge in [0.25, 0.3) is 0 Å². The van der Waals surface area contributed by atoms with Crippen LogP contribution in [0.5, 0.6) is 0 Å². The molecule has 24 heavy (non-hydrogen) atoms. The van der Waals surface area contributed by atoms with Gasteiger partial charge in [0.05, 0.1) is 6.07 Å². The molecular formula is C20H16F2N2. The summed E-state index contributed by atoms with van der Waals surface area (Å²) < 4.78 is 29.3. The Morgan fingerprint density at radius 2 is 2.00 bits per heavy atom. The second kappa shape index (κ2) is 6.29. The summed E-state index contributed by atoms with van der Waals surface area (Å²) >= 11 is 0. The summed E-state index contributed by atoms with van der Waals surface area (Å²) in [4.78, 5) is 0. The van der Waals surface area contributed by atoms with Gasteiger partial charge in [-0.1, -0.05) is 12.1 Å². The Labute approximate surface area is 139 Å². The molecule has 0 saturated carbocycles. The summed E-state index contributed by atoms with van der Waals surface area (Å²) in [6.45, 7) is 3.90. The van der Waals surface area contributed by atoms with E-state index in [4.69, 9.17) is 5.26 Å². The number of rotatable bonds is 3. The highest BCUT2D eigenvalue weighted by Gasteiger charge is 2.10. The predicted molar refractivity (Wildman–Crippen MR) is 91.4 cm³/mol. The van der Waals surface area contributed by atoms with E-state index >= 15 is 0 Å². The van der Waals surface area contributed by atoms with Gasteiger partial charge in [-0.15, -0.1) is 0 Å². The molecule has 0 radical (unpaired) electrons. The minimum Gasteiger partial charge on any atom is -0.342 e. The van der Waals surface area contributed by atoms with Gasteiger partial charge in [-0.2, -0.15) is 5.26 Å². The molecule has 2 aromatic carbocycles. The Morgan fingerprint density at radius 3 is 2.71 bits per heavy atom. The fourth-order valence-corrected chi connectivity index (χ4v) is 2.74. The lowest BCUT2D eigenvalue weighted by Gasteiger charge is -2.07. The van der Waals surface area contributed by atoms with Gasteiger partial charge in [0.1, 0.15) is 11.6 Å². The number of nitrogens with zero attached hydrogens (tertiary/aromatic N) is 2. The van der Waals surface area contributed by atoms with E-state index in [0.717, 1.165) is 22.0 Å². The van der Waals surface area contributed by atoms with Crippen molar-refractivity contribution in [2.24, 2.45) is 0 Å². The lowest BCUT2D eigenvalue weighted by molar-refractivity contribution is 0.614. The van der Waals surface area contributed by atoms with Gasteiger partial charge in [0.2, 0.25) is 0 Å². The monoisotopic (exact) mass is 322 g/mol. The van der Waals surface area contributed by atoms with Gasteiger partial charge < -0.3 is 4.57 Å². The molecule has 0 saturated heterocycles. The Balaban J connectivity index is 2.11. The van der Waals surface area contributed by atoms with E-state index in [0.29, 0.717) is 17.7 Å². The second-order valence-corrected chi connectivity index (χ2v) is 5.90. The van der Waals surface area contributed by atoms with Gasteiger partial charge >= 0.3 is 0 Å². The summed E-state index contributed by atoms with van der Waals surface area (Å²) in [6, 6.07) is 11.8. The third-order valence-electron chi connectivity index (χ3n) is 4.01. The number of nitriles is 1. The van der Waals surface area contributed by atoms with E-state index in [1.807, 2.05) is 16.8 Å². The average molecular weight is 322 g/mol. The van der Waals surface area contributed by atoms with Crippen LogP contribution in [0.1, 0.15) is 23.6 Å². The molecule has 0 aliphatic carbocycles. The number of hydrogen-bond acceptors (Lipinski definition) is 1. The van der Waals surface area contributed by atoms with Gasteiger partial charge in [0, 0.05) is 34.8 Å². The van der Waals surface area contributed by atoms with Crippen molar-refractivity contribution < 1.29 is 8.78 Å². The van der Waals surface area contributed by atoms with Gasteiger partial charge in [-0.3, -0.25) is 0 Å². The third kappa shape index (κ3) is 3.07. The molecule has 3 rings (SSSR count). The van der Waals surface area contributed by atoms with Crippen molar-refractivity contribution in [2.75, 3.05) is 0 Å². The highest BCUT2D eigenvalue weighted by atomic mass is 19.1. The van der Waals surface area contributed by atoms with Crippen molar-refractivity contribution in [3.8, 4) is 6.07 Å². The number of benzene rings is 2. The van der Waals surface area contributed by atoms with Crippen molar-refractivity contribution in [3.63, 3.8) is 0 Å². The number of halogens is 2. The minimum atomic E-state index is -0.328. The number of fused-ring (bicyclic) bond motifs is 1. The van der Waals surface area contributed by atoms with E-state index in [2.05, 4.69) is 6.07 Å². The number of hydrogen-bond donors (Lipinski definition) is 0. The van der Waals surface area contributed by atoms with Crippen LogP contribution >= 0.6 is 0 Å². The van der Waals surface area contributed by atoms with Crippen LogP contribution in [0.15, 0.2) is 48.2 Å². The standard InChI is InChI=1S/C20H16F2N2/c1-13(10-23)7-16-12-24(20-6-5-17(21)9-18(16)20)11-15-4-3-14(2)19(22)8-15/h3-9,12H,11H2,1-2H3/b13-7-. The van der Waals surface area contributed by atoms with Gasteiger partial charge in [0.15, 0.2) is 0 Å². The molecule has 0 atom stereocenters. The van der Waals surface area contributed by atoms with E-state index in [1.54, 1.807) is 32.1 Å². The van der Waals surface area contributed by atoms with E-state index in [9.17, 15) is 8.78 Å². The fourth-order valence-electron chi connectivity index (χ4n) is 2.74. The maximum Gasteiger partial charge on any atom is 0.126 e. The zero-order valence-corrected chi connectivity index (χ0v) is 13.5. The quantitative estimate of drug-likeness (QED) is 0.609. The molecule has 3 aromatic rings. The number of aryl methyl sites for hydroxylation is 1. The van der Waals surface area contributed by atoms with Crippen molar-refractivity contribution >= 4 is 17.0 Å². The molecule has 2 nitrogen and oxygen atoms in total. The van der Waals surface area contributed by atoms with Crippen LogP contribution in [0.4, 0.5) is 8.78 Å². The molecule has 0 aliphatic rings. The molecular weight excluding hydrogens is 306 g/mol. The zero-order valence-electron chi connectivity index (χ0n) is 13.5. The highest BCUT2D eigenvalue weighted by Crippen LogP contribution is 2.26. The molecule has 0 bridgehead atoms. The van der Waals surface area contributed by atoms with E-state index in [1.165, 1.54) is 18.2 Å². The third-order valence-corrected chi connectivity index (χ3v) is 4.01. The molecule has 1 heterocycles. The van der Waals surface area contributed by atoms with E-state index in [-0.39, 0.29) is 11.6 Å². The minimum absolute atomic E-state index is 0.240.